The smallest absolute Gasteiger partial charge is 0.317 e. The van der Waals surface area contributed by atoms with Crippen LogP contribution in [0.15, 0.2) is 18.2 Å². The van der Waals surface area contributed by atoms with Gasteiger partial charge in [-0.15, -0.1) is 0 Å². The van der Waals surface area contributed by atoms with Crippen molar-refractivity contribution in [3.8, 4) is 0 Å². The molecular formula is C15H18F2N2O2. The van der Waals surface area contributed by atoms with Crippen molar-refractivity contribution in [2.45, 2.75) is 37.3 Å². The molecule has 1 aliphatic heterocycles. The Kier molecular flexibility index (Phi) is 3.80. The Morgan fingerprint density at radius 3 is 2.76 bits per heavy atom. The SMILES string of the molecule is O=C(NC1CC1c1c(F)cccc1F)N1CCC[C@H]1CO. The summed E-state index contributed by atoms with van der Waals surface area (Å²) in [5.41, 5.74) is 0.0583. The minimum absolute atomic E-state index is 0.0521. The fraction of sp³-hybridized carbons (Fsp3) is 0.533. The highest BCUT2D eigenvalue weighted by atomic mass is 19.1. The van der Waals surface area contributed by atoms with Gasteiger partial charge in [-0.2, -0.15) is 0 Å². The van der Waals surface area contributed by atoms with Crippen molar-refractivity contribution in [3.63, 3.8) is 0 Å². The Morgan fingerprint density at radius 2 is 2.10 bits per heavy atom. The monoisotopic (exact) mass is 296 g/mol. The minimum atomic E-state index is -0.564. The normalized spacial score (nSPS) is 27.8. The molecule has 6 heteroatoms. The van der Waals surface area contributed by atoms with Crippen LogP contribution >= 0.6 is 0 Å². The topological polar surface area (TPSA) is 52.6 Å². The third-order valence-corrected chi connectivity index (χ3v) is 4.32. The molecule has 2 unspecified atom stereocenters. The summed E-state index contributed by atoms with van der Waals surface area (Å²) < 4.78 is 27.3. The van der Waals surface area contributed by atoms with Crippen LogP contribution in [0.1, 0.15) is 30.7 Å². The lowest BCUT2D eigenvalue weighted by Crippen LogP contribution is -2.45. The van der Waals surface area contributed by atoms with E-state index in [-0.39, 0.29) is 36.2 Å². The fourth-order valence-corrected chi connectivity index (χ4v) is 3.07. The molecule has 0 spiro atoms. The van der Waals surface area contributed by atoms with Gasteiger partial charge in [0.2, 0.25) is 0 Å². The molecule has 1 heterocycles. The number of halogens is 2. The minimum Gasteiger partial charge on any atom is -0.394 e. The second-order valence-electron chi connectivity index (χ2n) is 5.71. The zero-order chi connectivity index (χ0) is 15.0. The number of hydrogen-bond acceptors (Lipinski definition) is 2. The first kappa shape index (κ1) is 14.3. The summed E-state index contributed by atoms with van der Waals surface area (Å²) in [6.45, 7) is 0.561. The number of aliphatic hydroxyl groups excluding tert-OH is 1. The van der Waals surface area contributed by atoms with Crippen molar-refractivity contribution in [3.05, 3.63) is 35.4 Å². The van der Waals surface area contributed by atoms with Crippen LogP contribution in [-0.4, -0.2) is 41.3 Å². The van der Waals surface area contributed by atoms with Gasteiger partial charge in [-0.3, -0.25) is 0 Å². The van der Waals surface area contributed by atoms with Gasteiger partial charge in [0.25, 0.3) is 0 Å². The average Bonchev–Trinajstić information content (AvgIpc) is 3.03. The molecule has 0 bridgehead atoms. The maximum Gasteiger partial charge on any atom is 0.317 e. The van der Waals surface area contributed by atoms with Crippen molar-refractivity contribution in [1.82, 2.24) is 10.2 Å². The molecule has 2 aliphatic rings. The van der Waals surface area contributed by atoms with Gasteiger partial charge in [0.1, 0.15) is 11.6 Å². The van der Waals surface area contributed by atoms with Crippen molar-refractivity contribution in [1.29, 1.82) is 0 Å². The fourth-order valence-electron chi connectivity index (χ4n) is 3.07. The molecule has 1 saturated carbocycles. The standard InChI is InChI=1S/C15H18F2N2O2/c16-11-4-1-5-12(17)14(11)10-7-13(10)18-15(21)19-6-2-3-9(19)8-20/h1,4-5,9-10,13,20H,2-3,6-8H2,(H,18,21)/t9-,10?,13?/m0/s1. The van der Waals surface area contributed by atoms with Crippen LogP contribution in [0, 0.1) is 11.6 Å². The molecule has 21 heavy (non-hydrogen) atoms. The van der Waals surface area contributed by atoms with E-state index in [2.05, 4.69) is 5.32 Å². The van der Waals surface area contributed by atoms with E-state index in [1.54, 1.807) is 4.90 Å². The molecule has 2 amide bonds. The number of nitrogens with one attached hydrogen (secondary N) is 1. The number of carbonyl (C=O) groups excluding carboxylic acids is 1. The third-order valence-electron chi connectivity index (χ3n) is 4.32. The number of hydrogen-bond donors (Lipinski definition) is 2. The molecule has 1 saturated heterocycles. The van der Waals surface area contributed by atoms with E-state index < -0.39 is 11.6 Å². The first-order chi connectivity index (χ1) is 10.1. The van der Waals surface area contributed by atoms with Gasteiger partial charge < -0.3 is 15.3 Å². The Balaban J connectivity index is 1.62. The van der Waals surface area contributed by atoms with Crippen molar-refractivity contribution >= 4 is 6.03 Å². The van der Waals surface area contributed by atoms with Gasteiger partial charge in [0, 0.05) is 24.1 Å². The summed E-state index contributed by atoms with van der Waals surface area (Å²) in [6.07, 6.45) is 2.20. The number of amides is 2. The van der Waals surface area contributed by atoms with Crippen LogP contribution < -0.4 is 5.32 Å². The highest BCUT2D eigenvalue weighted by Crippen LogP contribution is 2.43. The second kappa shape index (κ2) is 5.60. The number of likely N-dealkylation sites (tertiary alicyclic amines) is 1. The van der Waals surface area contributed by atoms with Crippen molar-refractivity contribution in [2.75, 3.05) is 13.2 Å². The van der Waals surface area contributed by atoms with E-state index in [1.807, 2.05) is 0 Å². The van der Waals surface area contributed by atoms with Gasteiger partial charge >= 0.3 is 6.03 Å². The molecule has 0 aromatic heterocycles. The zero-order valence-electron chi connectivity index (χ0n) is 11.6. The Morgan fingerprint density at radius 1 is 1.38 bits per heavy atom. The molecule has 1 aromatic carbocycles. The van der Waals surface area contributed by atoms with Crippen LogP contribution in [0.4, 0.5) is 13.6 Å². The van der Waals surface area contributed by atoms with Gasteiger partial charge in [0.05, 0.1) is 12.6 Å². The number of carbonyl (C=O) groups is 1. The van der Waals surface area contributed by atoms with Crippen LogP contribution in [0.3, 0.4) is 0 Å². The van der Waals surface area contributed by atoms with Crippen LogP contribution in [0.5, 0.6) is 0 Å². The summed E-state index contributed by atoms with van der Waals surface area (Å²) in [5, 5.41) is 12.0. The first-order valence-corrected chi connectivity index (χ1v) is 7.23. The zero-order valence-corrected chi connectivity index (χ0v) is 11.6. The number of rotatable bonds is 3. The van der Waals surface area contributed by atoms with E-state index in [0.717, 1.165) is 12.8 Å². The van der Waals surface area contributed by atoms with E-state index in [4.69, 9.17) is 0 Å². The number of urea groups is 1. The molecule has 3 rings (SSSR count). The van der Waals surface area contributed by atoms with Gasteiger partial charge in [-0.25, -0.2) is 13.6 Å². The van der Waals surface area contributed by atoms with E-state index in [9.17, 15) is 18.7 Å². The molecule has 2 fully saturated rings. The summed E-state index contributed by atoms with van der Waals surface area (Å²) in [7, 11) is 0. The van der Waals surface area contributed by atoms with E-state index >= 15 is 0 Å². The Hall–Kier alpha value is -1.69. The molecule has 0 radical (unpaired) electrons. The molecular weight excluding hydrogens is 278 g/mol. The summed E-state index contributed by atoms with van der Waals surface area (Å²) >= 11 is 0. The van der Waals surface area contributed by atoms with Crippen LogP contribution in [-0.2, 0) is 0 Å². The first-order valence-electron chi connectivity index (χ1n) is 7.23. The molecule has 114 valence electrons. The lowest BCUT2D eigenvalue weighted by Gasteiger charge is -2.23. The highest BCUT2D eigenvalue weighted by molar-refractivity contribution is 5.76. The van der Waals surface area contributed by atoms with Gasteiger partial charge in [0.15, 0.2) is 0 Å². The Labute approximate surface area is 121 Å². The van der Waals surface area contributed by atoms with Gasteiger partial charge in [-0.05, 0) is 31.4 Å². The lowest BCUT2D eigenvalue weighted by atomic mass is 10.1. The van der Waals surface area contributed by atoms with Crippen LogP contribution in [0.25, 0.3) is 0 Å². The highest BCUT2D eigenvalue weighted by Gasteiger charge is 2.44. The molecule has 1 aromatic rings. The number of aliphatic hydroxyl groups is 1. The van der Waals surface area contributed by atoms with E-state index in [1.165, 1.54) is 18.2 Å². The predicted molar refractivity (Wildman–Crippen MR) is 72.8 cm³/mol. The summed E-state index contributed by atoms with van der Waals surface area (Å²) in [5.74, 6) is -1.43. The third kappa shape index (κ3) is 2.72. The Bertz CT molecular complexity index is 532. The lowest BCUT2D eigenvalue weighted by molar-refractivity contribution is 0.156. The molecule has 2 N–H and O–H groups in total. The maximum absolute atomic E-state index is 13.7. The van der Waals surface area contributed by atoms with Crippen LogP contribution in [0.2, 0.25) is 0 Å². The molecule has 4 nitrogen and oxygen atoms in total. The quantitative estimate of drug-likeness (QED) is 0.896. The average molecular weight is 296 g/mol. The summed E-state index contributed by atoms with van der Waals surface area (Å²) in [4.78, 5) is 13.7. The maximum atomic E-state index is 13.7. The van der Waals surface area contributed by atoms with Crippen molar-refractivity contribution in [2.24, 2.45) is 0 Å². The molecule has 3 atom stereocenters. The predicted octanol–water partition coefficient (Wildman–Crippen LogP) is 1.99. The number of benzene rings is 1. The van der Waals surface area contributed by atoms with Gasteiger partial charge in [-0.1, -0.05) is 6.07 Å². The molecule has 1 aliphatic carbocycles. The summed E-state index contributed by atoms with van der Waals surface area (Å²) in [6, 6.07) is 3.17. The van der Waals surface area contributed by atoms with E-state index in [0.29, 0.717) is 13.0 Å². The second-order valence-corrected chi connectivity index (χ2v) is 5.71. The number of nitrogens with zero attached hydrogens (tertiary/aromatic N) is 1. The largest absolute Gasteiger partial charge is 0.394 e. The van der Waals surface area contributed by atoms with Crippen molar-refractivity contribution < 1.29 is 18.7 Å².